The molecule has 0 bridgehead atoms. The van der Waals surface area contributed by atoms with Gasteiger partial charge in [0, 0.05) is 22.9 Å². The molecule has 2 aliphatic rings. The lowest BCUT2D eigenvalue weighted by atomic mass is 10.1. The highest BCUT2D eigenvalue weighted by molar-refractivity contribution is 5.56. The van der Waals surface area contributed by atoms with Crippen LogP contribution in [0.5, 0.6) is 23.0 Å². The van der Waals surface area contributed by atoms with Crippen molar-refractivity contribution in [2.75, 3.05) is 40.1 Å². The molecule has 154 valence electrons. The van der Waals surface area contributed by atoms with E-state index in [1.807, 2.05) is 12.1 Å². The molecule has 1 fully saturated rings. The summed E-state index contributed by atoms with van der Waals surface area (Å²) in [5.74, 6) is 0.963. The van der Waals surface area contributed by atoms with E-state index in [0.29, 0.717) is 6.54 Å². The van der Waals surface area contributed by atoms with Gasteiger partial charge in [-0.05, 0) is 24.3 Å². The molecule has 0 spiro atoms. The van der Waals surface area contributed by atoms with Crippen LogP contribution >= 0.6 is 0 Å². The molecule has 0 saturated carbocycles. The molecule has 9 nitrogen and oxygen atoms in total. The van der Waals surface area contributed by atoms with Crippen LogP contribution in [0.4, 0.5) is 5.69 Å². The molecule has 0 unspecified atom stereocenters. The Bertz CT molecular complexity index is 911. The Morgan fingerprint density at radius 1 is 1.00 bits per heavy atom. The predicted molar refractivity (Wildman–Crippen MR) is 100 cm³/mol. The standard InChI is InChI=1S/C20H23N3O6/c1-27-19-10-15(8-16(20(19)24)23(25)26)12-22-6-4-21(5-7-22)11-14-2-3-17-18(9-14)29-13-28-17/h2-3,8-10,24H,4-7,11-13H2,1H3/p+1. The fourth-order valence-electron chi connectivity index (χ4n) is 3.97. The first-order valence-electron chi connectivity index (χ1n) is 9.61. The second-order valence-electron chi connectivity index (χ2n) is 7.44. The van der Waals surface area contributed by atoms with Crippen molar-refractivity contribution in [1.82, 2.24) is 0 Å². The Kier molecular flexibility index (Phi) is 5.41. The van der Waals surface area contributed by atoms with Crippen LogP contribution in [0.15, 0.2) is 30.3 Å². The molecule has 9 heteroatoms. The van der Waals surface area contributed by atoms with Crippen molar-refractivity contribution in [2.45, 2.75) is 13.1 Å². The van der Waals surface area contributed by atoms with Crippen molar-refractivity contribution >= 4 is 5.69 Å². The maximum Gasteiger partial charge on any atom is 0.265 e. The smallest absolute Gasteiger partial charge is 0.265 e. The van der Waals surface area contributed by atoms with Crippen LogP contribution < -0.4 is 29.1 Å². The molecule has 0 radical (unpaired) electrons. The number of nitrogens with zero attached hydrogens (tertiary/aromatic N) is 1. The van der Waals surface area contributed by atoms with Crippen LogP contribution in [0.1, 0.15) is 11.1 Å². The van der Waals surface area contributed by atoms with Crippen LogP contribution in [0, 0.1) is 10.1 Å². The van der Waals surface area contributed by atoms with Crippen LogP contribution in [-0.2, 0) is 13.1 Å². The van der Waals surface area contributed by atoms with Gasteiger partial charge in [0.1, 0.15) is 45.0 Å². The lowest BCUT2D eigenvalue weighted by molar-refractivity contribution is -1.02. The SMILES string of the molecule is COc1cc(C[NH+]2CC[NH+](Cc3ccc4c(c3)OCO4)CC2)cc([N+](=O)[O-])c1[O-]. The van der Waals surface area contributed by atoms with Gasteiger partial charge in [-0.25, -0.2) is 0 Å². The van der Waals surface area contributed by atoms with Gasteiger partial charge in [-0.2, -0.15) is 0 Å². The first-order chi connectivity index (χ1) is 14.0. The maximum atomic E-state index is 12.0. The molecule has 2 N–H and O–H groups in total. The van der Waals surface area contributed by atoms with E-state index in [4.69, 9.17) is 14.2 Å². The van der Waals surface area contributed by atoms with Crippen molar-refractivity contribution in [3.63, 3.8) is 0 Å². The van der Waals surface area contributed by atoms with Crippen LogP contribution in [0.3, 0.4) is 0 Å². The van der Waals surface area contributed by atoms with E-state index in [1.165, 1.54) is 28.5 Å². The molecule has 1 saturated heterocycles. The number of nitro benzene ring substituents is 1. The zero-order chi connectivity index (χ0) is 20.4. The number of hydrogen-bond donors (Lipinski definition) is 2. The van der Waals surface area contributed by atoms with Crippen molar-refractivity contribution in [3.05, 3.63) is 51.6 Å². The van der Waals surface area contributed by atoms with E-state index in [2.05, 4.69) is 6.07 Å². The number of ether oxygens (including phenoxy) is 3. The molecular formula is C20H24N3O6+. The zero-order valence-corrected chi connectivity index (χ0v) is 16.2. The van der Waals surface area contributed by atoms with Gasteiger partial charge in [-0.15, -0.1) is 0 Å². The van der Waals surface area contributed by atoms with E-state index < -0.39 is 16.4 Å². The Hall–Kier alpha value is -3.04. The summed E-state index contributed by atoms with van der Waals surface area (Å²) in [5, 5.41) is 23.1. The molecule has 2 heterocycles. The lowest BCUT2D eigenvalue weighted by Crippen LogP contribution is -3.27. The average Bonchev–Trinajstić information content (AvgIpc) is 3.18. The fourth-order valence-corrected chi connectivity index (χ4v) is 3.97. The first kappa shape index (κ1) is 19.3. The number of nitrogens with one attached hydrogen (secondary N) is 2. The zero-order valence-electron chi connectivity index (χ0n) is 16.2. The Morgan fingerprint density at radius 2 is 1.66 bits per heavy atom. The summed E-state index contributed by atoms with van der Waals surface area (Å²) in [6.45, 7) is 5.75. The van der Waals surface area contributed by atoms with Gasteiger partial charge in [0.15, 0.2) is 11.5 Å². The normalized spacial score (nSPS) is 20.4. The number of benzene rings is 2. The second-order valence-corrected chi connectivity index (χ2v) is 7.44. The van der Waals surface area contributed by atoms with Gasteiger partial charge in [0.25, 0.3) is 5.69 Å². The third-order valence-electron chi connectivity index (χ3n) is 5.52. The highest BCUT2D eigenvalue weighted by atomic mass is 16.7. The van der Waals surface area contributed by atoms with E-state index in [1.54, 1.807) is 6.07 Å². The highest BCUT2D eigenvalue weighted by Gasteiger charge is 2.25. The minimum Gasteiger partial charge on any atom is -0.865 e. The van der Waals surface area contributed by atoms with Crippen molar-refractivity contribution in [1.29, 1.82) is 0 Å². The molecule has 0 aromatic heterocycles. The molecule has 2 aromatic rings. The summed E-state index contributed by atoms with van der Waals surface area (Å²) in [4.78, 5) is 13.3. The molecule has 0 atom stereocenters. The number of nitro groups is 1. The third kappa shape index (κ3) is 4.20. The molecule has 2 aliphatic heterocycles. The van der Waals surface area contributed by atoms with Gasteiger partial charge in [0.05, 0.1) is 12.0 Å². The van der Waals surface area contributed by atoms with Gasteiger partial charge < -0.3 is 29.1 Å². The monoisotopic (exact) mass is 402 g/mol. The molecule has 4 rings (SSSR count). The van der Waals surface area contributed by atoms with Crippen LogP contribution in [-0.4, -0.2) is 45.0 Å². The molecule has 0 amide bonds. The predicted octanol–water partition coefficient (Wildman–Crippen LogP) is -1.11. The largest absolute Gasteiger partial charge is 0.865 e. The number of methoxy groups -OCH3 is 1. The van der Waals surface area contributed by atoms with E-state index in [-0.39, 0.29) is 12.5 Å². The lowest BCUT2D eigenvalue weighted by Gasteiger charge is -2.30. The molecule has 29 heavy (non-hydrogen) atoms. The first-order valence-corrected chi connectivity index (χ1v) is 9.61. The van der Waals surface area contributed by atoms with Crippen LogP contribution in [0.25, 0.3) is 0 Å². The van der Waals surface area contributed by atoms with Crippen molar-refractivity contribution < 1.29 is 34.0 Å². The van der Waals surface area contributed by atoms with Gasteiger partial charge in [-0.1, -0.05) is 0 Å². The third-order valence-corrected chi connectivity index (χ3v) is 5.52. The number of piperazine rings is 1. The fraction of sp³-hybridized carbons (Fsp3) is 0.400. The summed E-state index contributed by atoms with van der Waals surface area (Å²) in [6, 6.07) is 9.08. The summed E-state index contributed by atoms with van der Waals surface area (Å²) < 4.78 is 15.8. The second kappa shape index (κ2) is 8.14. The quantitative estimate of drug-likeness (QED) is 0.469. The molecule has 0 aliphatic carbocycles. The van der Waals surface area contributed by atoms with Crippen molar-refractivity contribution in [3.8, 4) is 23.0 Å². The minimum absolute atomic E-state index is 0.0284. The minimum atomic E-state index is -0.672. The topological polar surface area (TPSA) is 103 Å². The molecular weight excluding hydrogens is 378 g/mol. The number of rotatable bonds is 6. The molecule has 2 aromatic carbocycles. The van der Waals surface area contributed by atoms with Crippen LogP contribution in [0.2, 0.25) is 0 Å². The Morgan fingerprint density at radius 3 is 2.31 bits per heavy atom. The number of quaternary nitrogens is 2. The number of hydrogen-bond acceptors (Lipinski definition) is 6. The Balaban J connectivity index is 1.35. The highest BCUT2D eigenvalue weighted by Crippen LogP contribution is 2.34. The van der Waals surface area contributed by atoms with E-state index >= 15 is 0 Å². The average molecular weight is 402 g/mol. The Labute approximate surface area is 168 Å². The van der Waals surface area contributed by atoms with Crippen molar-refractivity contribution in [2.24, 2.45) is 0 Å². The maximum absolute atomic E-state index is 12.0. The number of fused-ring (bicyclic) bond motifs is 1. The summed E-state index contributed by atoms with van der Waals surface area (Å²) in [5.41, 5.74) is 1.55. The summed E-state index contributed by atoms with van der Waals surface area (Å²) in [6.07, 6.45) is 0. The van der Waals surface area contributed by atoms with Gasteiger partial charge in [0.2, 0.25) is 6.79 Å². The van der Waals surface area contributed by atoms with E-state index in [9.17, 15) is 15.2 Å². The van der Waals surface area contributed by atoms with Gasteiger partial charge in [-0.3, -0.25) is 10.1 Å². The summed E-state index contributed by atoms with van der Waals surface area (Å²) >= 11 is 0. The van der Waals surface area contributed by atoms with E-state index in [0.717, 1.165) is 49.8 Å². The van der Waals surface area contributed by atoms with Gasteiger partial charge >= 0.3 is 0 Å². The summed E-state index contributed by atoms with van der Waals surface area (Å²) in [7, 11) is 1.36.